The van der Waals surface area contributed by atoms with Gasteiger partial charge in [0.1, 0.15) is 5.76 Å². The monoisotopic (exact) mass is 483 g/mol. The molecule has 3 aromatic rings. The summed E-state index contributed by atoms with van der Waals surface area (Å²) in [4.78, 5) is 6.85. The molecule has 188 valence electrons. The van der Waals surface area contributed by atoms with Crippen LogP contribution in [0.5, 0.6) is 0 Å². The number of nitrogens with one attached hydrogen (secondary N) is 1. The van der Waals surface area contributed by atoms with E-state index >= 15 is 0 Å². The number of hydrogen-bond donors (Lipinski definition) is 2. The number of benzene rings is 1. The molecule has 2 N–H and O–H groups in total. The van der Waals surface area contributed by atoms with E-state index in [1.165, 1.54) is 12.8 Å². The van der Waals surface area contributed by atoms with Gasteiger partial charge in [-0.1, -0.05) is 51.6 Å². The maximum Gasteiger partial charge on any atom is 0.177 e. The van der Waals surface area contributed by atoms with E-state index in [0.29, 0.717) is 5.41 Å². The number of hydrogen-bond acceptors (Lipinski definition) is 5. The molecule has 1 fully saturated rings. The summed E-state index contributed by atoms with van der Waals surface area (Å²) in [5.41, 5.74) is 6.56. The molecule has 1 saturated heterocycles. The molecular weight excluding hydrogens is 446 g/mol. The fourth-order valence-electron chi connectivity index (χ4n) is 4.36. The number of aliphatic hydroxyl groups is 1. The molecular formula is C30H37N5O. The molecule has 36 heavy (non-hydrogen) atoms. The van der Waals surface area contributed by atoms with E-state index in [4.69, 9.17) is 5.10 Å². The second kappa shape index (κ2) is 10.9. The number of nitrogens with zero attached hydrogens (tertiary/aromatic N) is 4. The second-order valence-electron chi connectivity index (χ2n) is 10.2. The van der Waals surface area contributed by atoms with Gasteiger partial charge in [0.2, 0.25) is 0 Å². The van der Waals surface area contributed by atoms with Gasteiger partial charge in [-0.15, -0.1) is 0 Å². The lowest BCUT2D eigenvalue weighted by Gasteiger charge is -2.38. The van der Waals surface area contributed by atoms with Crippen LogP contribution in [0.1, 0.15) is 52.5 Å². The first-order valence-electron chi connectivity index (χ1n) is 12.7. The summed E-state index contributed by atoms with van der Waals surface area (Å²) < 4.78 is 1.77. The zero-order valence-electron chi connectivity index (χ0n) is 21.8. The number of piperidine rings is 1. The van der Waals surface area contributed by atoms with Crippen molar-refractivity contribution in [2.45, 2.75) is 47.0 Å². The van der Waals surface area contributed by atoms with Gasteiger partial charge in [0.15, 0.2) is 5.65 Å². The van der Waals surface area contributed by atoms with Crippen LogP contribution in [-0.2, 0) is 0 Å². The third-order valence-electron chi connectivity index (χ3n) is 6.70. The van der Waals surface area contributed by atoms with E-state index in [-0.39, 0.29) is 5.76 Å². The molecule has 6 nitrogen and oxygen atoms in total. The average molecular weight is 484 g/mol. The molecule has 1 aliphatic heterocycles. The van der Waals surface area contributed by atoms with Crippen LogP contribution in [0.4, 0.5) is 5.69 Å². The summed E-state index contributed by atoms with van der Waals surface area (Å²) in [5.74, 6) is 0.279. The van der Waals surface area contributed by atoms with Gasteiger partial charge in [-0.25, -0.2) is 9.50 Å². The van der Waals surface area contributed by atoms with Crippen molar-refractivity contribution in [3.8, 4) is 11.3 Å². The van der Waals surface area contributed by atoms with Gasteiger partial charge in [0.25, 0.3) is 0 Å². The molecule has 1 aliphatic rings. The topological polar surface area (TPSA) is 65.7 Å². The van der Waals surface area contributed by atoms with Gasteiger partial charge in [-0.2, -0.15) is 5.10 Å². The Labute approximate surface area is 214 Å². The fourth-order valence-corrected chi connectivity index (χ4v) is 4.36. The summed E-state index contributed by atoms with van der Waals surface area (Å²) >= 11 is 0. The first-order valence-corrected chi connectivity index (χ1v) is 12.7. The minimum absolute atomic E-state index is 0.279. The van der Waals surface area contributed by atoms with Crippen molar-refractivity contribution in [1.82, 2.24) is 19.5 Å². The number of allylic oxidation sites excluding steroid dienone is 5. The number of rotatable bonds is 8. The minimum atomic E-state index is 0.279. The highest BCUT2D eigenvalue weighted by atomic mass is 16.3. The zero-order chi connectivity index (χ0) is 25.7. The van der Waals surface area contributed by atoms with E-state index in [1.807, 2.05) is 62.5 Å². The predicted octanol–water partition coefficient (Wildman–Crippen LogP) is 7.21. The smallest absolute Gasteiger partial charge is 0.177 e. The van der Waals surface area contributed by atoms with Crippen molar-refractivity contribution in [3.63, 3.8) is 0 Å². The molecule has 4 rings (SSSR count). The molecule has 0 bridgehead atoms. The molecule has 0 atom stereocenters. The van der Waals surface area contributed by atoms with Crippen LogP contribution < -0.4 is 5.32 Å². The SMILES string of the molecule is C=C(/C=C\C=C(/C)Nc1cc(-c2cccc(/C(O)=C\CC)c2)nn2ccnc12)N1CCC(C)(C)CC1. The number of fused-ring (bicyclic) bond motifs is 1. The predicted molar refractivity (Wildman–Crippen MR) is 150 cm³/mol. The average Bonchev–Trinajstić information content (AvgIpc) is 3.33. The van der Waals surface area contributed by atoms with Gasteiger partial charge in [0.05, 0.1) is 11.4 Å². The Bertz CT molecular complexity index is 1320. The highest BCUT2D eigenvalue weighted by Crippen LogP contribution is 2.31. The molecule has 0 amide bonds. The van der Waals surface area contributed by atoms with E-state index in [2.05, 4.69) is 41.7 Å². The third-order valence-corrected chi connectivity index (χ3v) is 6.70. The second-order valence-corrected chi connectivity index (χ2v) is 10.2. The third kappa shape index (κ3) is 6.06. The number of anilines is 1. The molecule has 0 aliphatic carbocycles. The quantitative estimate of drug-likeness (QED) is 0.262. The number of imidazole rings is 1. The summed E-state index contributed by atoms with van der Waals surface area (Å²) in [6, 6.07) is 9.78. The van der Waals surface area contributed by atoms with E-state index in [0.717, 1.165) is 59.1 Å². The van der Waals surface area contributed by atoms with Gasteiger partial charge in [-0.05, 0) is 62.0 Å². The number of likely N-dealkylation sites (tertiary alicyclic amines) is 1. The van der Waals surface area contributed by atoms with Crippen molar-refractivity contribution >= 4 is 17.1 Å². The van der Waals surface area contributed by atoms with Crippen LogP contribution in [0.3, 0.4) is 0 Å². The Morgan fingerprint density at radius 3 is 2.75 bits per heavy atom. The van der Waals surface area contributed by atoms with E-state index in [9.17, 15) is 5.11 Å². The number of aromatic nitrogens is 3. The highest BCUT2D eigenvalue weighted by molar-refractivity contribution is 5.76. The van der Waals surface area contributed by atoms with Gasteiger partial charge in [-0.3, -0.25) is 0 Å². The van der Waals surface area contributed by atoms with Crippen LogP contribution in [-0.4, -0.2) is 37.7 Å². The Hall–Kier alpha value is -3.80. The molecule has 6 heteroatoms. The van der Waals surface area contributed by atoms with Crippen LogP contribution in [0.15, 0.2) is 85.0 Å². The summed E-state index contributed by atoms with van der Waals surface area (Å²) in [6.07, 6.45) is 14.7. The Kier molecular flexibility index (Phi) is 7.63. The number of aliphatic hydroxyl groups excluding tert-OH is 1. The Morgan fingerprint density at radius 1 is 1.22 bits per heavy atom. The highest BCUT2D eigenvalue weighted by Gasteiger charge is 2.25. The molecule has 3 heterocycles. The van der Waals surface area contributed by atoms with Crippen LogP contribution in [0, 0.1) is 5.41 Å². The molecule has 0 saturated carbocycles. The maximum absolute atomic E-state index is 10.3. The summed E-state index contributed by atoms with van der Waals surface area (Å²) in [5, 5.41) is 18.5. The van der Waals surface area contributed by atoms with Crippen molar-refractivity contribution in [2.24, 2.45) is 5.41 Å². The van der Waals surface area contributed by atoms with Gasteiger partial charge < -0.3 is 15.3 Å². The molecule has 0 radical (unpaired) electrons. The van der Waals surface area contributed by atoms with Crippen LogP contribution in [0.25, 0.3) is 22.7 Å². The lowest BCUT2D eigenvalue weighted by molar-refractivity contribution is 0.166. The summed E-state index contributed by atoms with van der Waals surface area (Å²) in [6.45, 7) is 15.1. The normalized spacial score (nSPS) is 16.6. The van der Waals surface area contributed by atoms with E-state index in [1.54, 1.807) is 16.8 Å². The van der Waals surface area contributed by atoms with Gasteiger partial charge >= 0.3 is 0 Å². The van der Waals surface area contributed by atoms with Crippen molar-refractivity contribution in [3.05, 3.63) is 90.6 Å². The summed E-state index contributed by atoms with van der Waals surface area (Å²) in [7, 11) is 0. The fraction of sp³-hybridized carbons (Fsp3) is 0.333. The van der Waals surface area contributed by atoms with Crippen molar-refractivity contribution < 1.29 is 5.11 Å². The lowest BCUT2D eigenvalue weighted by atomic mass is 9.82. The van der Waals surface area contributed by atoms with Gasteiger partial charge in [0, 0.05) is 48.0 Å². The largest absolute Gasteiger partial charge is 0.508 e. The Balaban J connectivity index is 1.52. The zero-order valence-corrected chi connectivity index (χ0v) is 21.8. The Morgan fingerprint density at radius 2 is 2.00 bits per heavy atom. The molecule has 1 aromatic carbocycles. The molecule has 0 spiro atoms. The first-order chi connectivity index (χ1) is 17.3. The lowest BCUT2D eigenvalue weighted by Crippen LogP contribution is -2.36. The molecule has 0 unspecified atom stereocenters. The standard InChI is InChI=1S/C30H37N5O/c1-6-9-28(36)25-13-8-12-24(20-25)26-21-27(29-31-16-19-35(29)33-26)32-22(2)10-7-11-23(3)34-17-14-30(4,5)15-18-34/h7-13,16,19-21,32,36H,3,6,14-15,17-18H2,1-2,4-5H3/b11-7-,22-10+,28-9+. The minimum Gasteiger partial charge on any atom is -0.508 e. The van der Waals surface area contributed by atoms with Crippen LogP contribution in [0.2, 0.25) is 0 Å². The van der Waals surface area contributed by atoms with Crippen LogP contribution >= 0.6 is 0 Å². The van der Waals surface area contributed by atoms with Crippen molar-refractivity contribution in [1.29, 1.82) is 0 Å². The van der Waals surface area contributed by atoms with E-state index < -0.39 is 0 Å². The maximum atomic E-state index is 10.3. The van der Waals surface area contributed by atoms with Crippen molar-refractivity contribution in [2.75, 3.05) is 18.4 Å². The molecule has 2 aromatic heterocycles. The first kappa shape index (κ1) is 25.3.